The fourth-order valence-corrected chi connectivity index (χ4v) is 4.35. The summed E-state index contributed by atoms with van der Waals surface area (Å²) in [6.07, 6.45) is 3.43. The summed E-state index contributed by atoms with van der Waals surface area (Å²) in [6, 6.07) is 14.0. The maximum atomic E-state index is 12.7. The van der Waals surface area contributed by atoms with Crippen molar-refractivity contribution in [1.82, 2.24) is 15.6 Å². The lowest BCUT2D eigenvalue weighted by Crippen LogP contribution is -2.30. The highest BCUT2D eigenvalue weighted by Crippen LogP contribution is 2.32. The van der Waals surface area contributed by atoms with E-state index < -0.39 is 10.0 Å². The van der Waals surface area contributed by atoms with Crippen molar-refractivity contribution < 1.29 is 27.5 Å². The summed E-state index contributed by atoms with van der Waals surface area (Å²) in [4.78, 5) is 28.2. The zero-order valence-corrected chi connectivity index (χ0v) is 19.5. The van der Waals surface area contributed by atoms with Crippen LogP contribution < -0.4 is 24.8 Å². The van der Waals surface area contributed by atoms with E-state index in [1.54, 1.807) is 18.5 Å². The second kappa shape index (κ2) is 10.9. The van der Waals surface area contributed by atoms with Gasteiger partial charge in [0, 0.05) is 49.2 Å². The highest BCUT2D eigenvalue weighted by Gasteiger charge is 2.19. The third-order valence-corrected chi connectivity index (χ3v) is 6.48. The zero-order chi connectivity index (χ0) is 24.7. The van der Waals surface area contributed by atoms with E-state index >= 15 is 0 Å². The van der Waals surface area contributed by atoms with E-state index in [1.165, 1.54) is 36.4 Å². The number of hydrogen-bond acceptors (Lipinski definition) is 7. The van der Waals surface area contributed by atoms with Crippen LogP contribution in [0, 0.1) is 0 Å². The number of aromatic nitrogens is 1. The average molecular weight is 497 g/mol. The maximum absolute atomic E-state index is 12.7. The minimum atomic E-state index is -3.86. The van der Waals surface area contributed by atoms with Gasteiger partial charge in [-0.3, -0.25) is 19.3 Å². The van der Waals surface area contributed by atoms with Crippen molar-refractivity contribution in [3.8, 4) is 11.5 Å². The Morgan fingerprint density at radius 2 is 1.60 bits per heavy atom. The molecule has 2 amide bonds. The SMILES string of the molecule is O=C(CCNC(=O)c1ccc(NS(=O)(=O)c2ccc3c(c2)OCCO3)cc1)NCc1ccncc1. The van der Waals surface area contributed by atoms with E-state index in [0.717, 1.165) is 5.56 Å². The molecule has 35 heavy (non-hydrogen) atoms. The minimum Gasteiger partial charge on any atom is -0.486 e. The number of amides is 2. The summed E-state index contributed by atoms with van der Waals surface area (Å²) in [7, 11) is -3.86. The van der Waals surface area contributed by atoms with Crippen molar-refractivity contribution in [1.29, 1.82) is 0 Å². The van der Waals surface area contributed by atoms with Crippen molar-refractivity contribution in [2.45, 2.75) is 17.9 Å². The standard InChI is InChI=1S/C24H24N4O6S/c29-23(27-16-17-7-10-25-11-8-17)9-12-26-24(30)18-1-3-19(4-2-18)28-35(31,32)20-5-6-21-22(15-20)34-14-13-33-21/h1-8,10-11,15,28H,9,12-14,16H2,(H,26,30)(H,27,29). The highest BCUT2D eigenvalue weighted by molar-refractivity contribution is 7.92. The first-order valence-corrected chi connectivity index (χ1v) is 12.4. The van der Waals surface area contributed by atoms with Crippen LogP contribution in [0.2, 0.25) is 0 Å². The largest absolute Gasteiger partial charge is 0.486 e. The fraction of sp³-hybridized carbons (Fsp3) is 0.208. The number of ether oxygens (including phenoxy) is 2. The van der Waals surface area contributed by atoms with Crippen molar-refractivity contribution in [2.24, 2.45) is 0 Å². The summed E-state index contributed by atoms with van der Waals surface area (Å²) >= 11 is 0. The number of pyridine rings is 1. The second-order valence-electron chi connectivity index (χ2n) is 7.63. The Labute approximate surface area is 202 Å². The van der Waals surface area contributed by atoms with Crippen molar-refractivity contribution in [3.05, 3.63) is 78.1 Å². The number of nitrogens with zero attached hydrogens (tertiary/aromatic N) is 1. The third-order valence-electron chi connectivity index (χ3n) is 5.10. The maximum Gasteiger partial charge on any atom is 0.262 e. The Balaban J connectivity index is 1.26. The smallest absolute Gasteiger partial charge is 0.262 e. The molecule has 0 saturated heterocycles. The number of nitrogens with one attached hydrogen (secondary N) is 3. The quantitative estimate of drug-likeness (QED) is 0.413. The molecule has 1 aliphatic heterocycles. The number of carbonyl (C=O) groups excluding carboxylic acids is 2. The van der Waals surface area contributed by atoms with Gasteiger partial charge in [0.25, 0.3) is 15.9 Å². The molecule has 0 saturated carbocycles. The summed E-state index contributed by atoms with van der Waals surface area (Å²) in [5.41, 5.74) is 1.57. The molecule has 0 aliphatic carbocycles. The van der Waals surface area contributed by atoms with E-state index in [2.05, 4.69) is 20.3 Å². The number of benzene rings is 2. The van der Waals surface area contributed by atoms with Crippen LogP contribution >= 0.6 is 0 Å². The lowest BCUT2D eigenvalue weighted by molar-refractivity contribution is -0.121. The highest BCUT2D eigenvalue weighted by atomic mass is 32.2. The predicted molar refractivity (Wildman–Crippen MR) is 128 cm³/mol. The Morgan fingerprint density at radius 1 is 0.886 bits per heavy atom. The molecule has 182 valence electrons. The van der Waals surface area contributed by atoms with E-state index in [4.69, 9.17) is 9.47 Å². The van der Waals surface area contributed by atoms with E-state index in [1.807, 2.05) is 12.1 Å². The van der Waals surface area contributed by atoms with Crippen molar-refractivity contribution in [2.75, 3.05) is 24.5 Å². The van der Waals surface area contributed by atoms with Crippen LogP contribution in [0.1, 0.15) is 22.3 Å². The molecule has 0 bridgehead atoms. The molecule has 3 aromatic rings. The number of sulfonamides is 1. The molecule has 10 nitrogen and oxygen atoms in total. The van der Waals surface area contributed by atoms with Crippen LogP contribution in [-0.2, 0) is 21.4 Å². The number of rotatable bonds is 9. The molecule has 0 spiro atoms. The van der Waals surface area contributed by atoms with Crippen molar-refractivity contribution in [3.63, 3.8) is 0 Å². The van der Waals surface area contributed by atoms with Gasteiger partial charge in [0.2, 0.25) is 5.91 Å². The molecule has 2 heterocycles. The van der Waals surface area contributed by atoms with Gasteiger partial charge < -0.3 is 20.1 Å². The van der Waals surface area contributed by atoms with Crippen LogP contribution in [0.25, 0.3) is 0 Å². The summed E-state index contributed by atoms with van der Waals surface area (Å²) in [6.45, 7) is 1.32. The van der Waals surface area contributed by atoms with Gasteiger partial charge >= 0.3 is 0 Å². The van der Waals surface area contributed by atoms with Crippen LogP contribution in [0.4, 0.5) is 5.69 Å². The molecule has 3 N–H and O–H groups in total. The van der Waals surface area contributed by atoms with Crippen LogP contribution in [0.3, 0.4) is 0 Å². The first-order chi connectivity index (χ1) is 16.9. The monoisotopic (exact) mass is 496 g/mol. The van der Waals surface area contributed by atoms with Gasteiger partial charge in [-0.1, -0.05) is 0 Å². The van der Waals surface area contributed by atoms with Gasteiger partial charge in [0.05, 0.1) is 4.90 Å². The Morgan fingerprint density at radius 3 is 2.34 bits per heavy atom. The fourth-order valence-electron chi connectivity index (χ4n) is 3.28. The lowest BCUT2D eigenvalue weighted by atomic mass is 10.2. The van der Waals surface area contributed by atoms with Gasteiger partial charge in [-0.05, 0) is 54.1 Å². The van der Waals surface area contributed by atoms with Crippen LogP contribution in [0.15, 0.2) is 71.9 Å². The summed E-state index contributed by atoms with van der Waals surface area (Å²) in [5, 5.41) is 5.45. The molecular weight excluding hydrogens is 472 g/mol. The van der Waals surface area contributed by atoms with Crippen LogP contribution in [-0.4, -0.2) is 45.0 Å². The average Bonchev–Trinajstić information content (AvgIpc) is 2.88. The molecule has 2 aromatic carbocycles. The molecule has 1 aliphatic rings. The number of anilines is 1. The molecule has 0 fully saturated rings. The van der Waals surface area contributed by atoms with E-state index in [9.17, 15) is 18.0 Å². The zero-order valence-electron chi connectivity index (χ0n) is 18.7. The minimum absolute atomic E-state index is 0.0331. The predicted octanol–water partition coefficient (Wildman–Crippen LogP) is 2.09. The van der Waals surface area contributed by atoms with Gasteiger partial charge in [0.15, 0.2) is 11.5 Å². The summed E-state index contributed by atoms with van der Waals surface area (Å²) in [5.74, 6) is 0.313. The third kappa shape index (κ3) is 6.48. The first kappa shape index (κ1) is 24.0. The Bertz CT molecular complexity index is 1300. The Hall–Kier alpha value is -4.12. The molecular formula is C24H24N4O6S. The summed E-state index contributed by atoms with van der Waals surface area (Å²) < 4.78 is 38.8. The van der Waals surface area contributed by atoms with Crippen molar-refractivity contribution >= 4 is 27.5 Å². The molecule has 0 radical (unpaired) electrons. The molecule has 0 unspecified atom stereocenters. The Kier molecular flexibility index (Phi) is 7.46. The molecule has 0 atom stereocenters. The topological polar surface area (TPSA) is 136 Å². The number of carbonyl (C=O) groups is 2. The normalized spacial score (nSPS) is 12.5. The molecule has 4 rings (SSSR count). The lowest BCUT2D eigenvalue weighted by Gasteiger charge is -2.19. The molecule has 1 aromatic heterocycles. The van der Waals surface area contributed by atoms with Gasteiger partial charge in [-0.2, -0.15) is 0 Å². The van der Waals surface area contributed by atoms with E-state index in [-0.39, 0.29) is 29.7 Å². The van der Waals surface area contributed by atoms with Crippen LogP contribution in [0.5, 0.6) is 11.5 Å². The van der Waals surface area contributed by atoms with Gasteiger partial charge in [-0.25, -0.2) is 8.42 Å². The number of fused-ring (bicyclic) bond motifs is 1. The van der Waals surface area contributed by atoms with Gasteiger partial charge in [-0.15, -0.1) is 0 Å². The number of hydrogen-bond donors (Lipinski definition) is 3. The van der Waals surface area contributed by atoms with Gasteiger partial charge in [0.1, 0.15) is 13.2 Å². The second-order valence-corrected chi connectivity index (χ2v) is 9.31. The molecule has 11 heteroatoms. The van der Waals surface area contributed by atoms with E-state index in [0.29, 0.717) is 42.5 Å². The first-order valence-electron chi connectivity index (χ1n) is 10.9.